The summed E-state index contributed by atoms with van der Waals surface area (Å²) in [5.74, 6) is 0. The van der Waals surface area contributed by atoms with Crippen LogP contribution in [0.3, 0.4) is 0 Å². The average Bonchev–Trinajstić information content (AvgIpc) is 1.60. The maximum atomic E-state index is 5.93. The molecular weight excluding hydrogens is 134 g/mol. The Morgan fingerprint density at radius 1 is 1.67 bits per heavy atom. The van der Waals surface area contributed by atoms with Gasteiger partial charge in [-0.1, -0.05) is 17.7 Å². The number of allylic oxidation sites excluding steroid dienone is 3. The molecule has 1 heterocycles. The van der Waals surface area contributed by atoms with Gasteiger partial charge in [0.05, 0.1) is 0 Å². The third-order valence-corrected chi connectivity index (χ3v) is 1.42. The largest absolute Gasteiger partial charge is 0.367 e. The fraction of sp³-hybridized carbons (Fsp3) is 0.429. The van der Waals surface area contributed by atoms with Crippen molar-refractivity contribution in [3.05, 3.63) is 23.9 Å². The molecule has 0 bridgehead atoms. The van der Waals surface area contributed by atoms with E-state index in [1.54, 1.807) is 0 Å². The number of alkyl halides is 1. The molecule has 1 atom stereocenters. The molecule has 2 heteroatoms. The van der Waals surface area contributed by atoms with Crippen LogP contribution in [0.1, 0.15) is 13.8 Å². The van der Waals surface area contributed by atoms with E-state index in [2.05, 4.69) is 5.32 Å². The fourth-order valence-corrected chi connectivity index (χ4v) is 1.06. The Bertz CT molecular complexity index is 168. The summed E-state index contributed by atoms with van der Waals surface area (Å²) in [6.07, 6.45) is 5.87. The van der Waals surface area contributed by atoms with Gasteiger partial charge in [-0.25, -0.2) is 0 Å². The highest BCUT2D eigenvalue weighted by Gasteiger charge is 2.16. The molecule has 1 aliphatic rings. The second-order valence-corrected chi connectivity index (χ2v) is 3.19. The SMILES string of the molecule is CC1=CC=CC(C)(Cl)N1. The van der Waals surface area contributed by atoms with Gasteiger partial charge in [-0.3, -0.25) is 0 Å². The lowest BCUT2D eigenvalue weighted by Crippen LogP contribution is -2.34. The van der Waals surface area contributed by atoms with Gasteiger partial charge in [-0.15, -0.1) is 0 Å². The summed E-state index contributed by atoms with van der Waals surface area (Å²) in [5, 5.41) is 3.10. The standard InChI is InChI=1S/C7H10ClN/c1-6-4-3-5-7(2,8)9-6/h3-5,9H,1-2H3. The zero-order valence-corrected chi connectivity index (χ0v) is 6.37. The van der Waals surface area contributed by atoms with Crippen LogP contribution in [0.2, 0.25) is 0 Å². The molecule has 1 rings (SSSR count). The quantitative estimate of drug-likeness (QED) is 0.404. The van der Waals surface area contributed by atoms with Crippen LogP contribution >= 0.6 is 11.6 Å². The maximum absolute atomic E-state index is 5.93. The van der Waals surface area contributed by atoms with Crippen molar-refractivity contribution in [3.8, 4) is 0 Å². The first-order valence-electron chi connectivity index (χ1n) is 2.93. The molecule has 50 valence electrons. The molecule has 0 saturated heterocycles. The Morgan fingerprint density at radius 3 is 2.67 bits per heavy atom. The molecule has 1 aliphatic heterocycles. The third-order valence-electron chi connectivity index (χ3n) is 1.20. The molecule has 0 aliphatic carbocycles. The summed E-state index contributed by atoms with van der Waals surface area (Å²) in [4.78, 5) is -0.376. The molecule has 0 radical (unpaired) electrons. The summed E-state index contributed by atoms with van der Waals surface area (Å²) in [5.41, 5.74) is 1.11. The molecule has 0 aromatic rings. The number of hydrogen-bond acceptors (Lipinski definition) is 1. The summed E-state index contributed by atoms with van der Waals surface area (Å²) in [7, 11) is 0. The van der Waals surface area contributed by atoms with Crippen molar-refractivity contribution in [2.45, 2.75) is 18.8 Å². The number of dihydropyridines is 1. The van der Waals surface area contributed by atoms with Crippen LogP contribution in [-0.4, -0.2) is 5.00 Å². The highest BCUT2D eigenvalue weighted by Crippen LogP contribution is 2.17. The van der Waals surface area contributed by atoms with Gasteiger partial charge in [0.15, 0.2) is 0 Å². The van der Waals surface area contributed by atoms with Crippen LogP contribution in [-0.2, 0) is 0 Å². The fourth-order valence-electron chi connectivity index (χ4n) is 0.842. The first-order valence-corrected chi connectivity index (χ1v) is 3.31. The zero-order valence-electron chi connectivity index (χ0n) is 5.61. The molecule has 0 aromatic carbocycles. The molecule has 9 heavy (non-hydrogen) atoms. The predicted octanol–water partition coefficient (Wildman–Crippen LogP) is 2.00. The van der Waals surface area contributed by atoms with Crippen LogP contribution < -0.4 is 5.32 Å². The van der Waals surface area contributed by atoms with E-state index < -0.39 is 0 Å². The summed E-state index contributed by atoms with van der Waals surface area (Å²) < 4.78 is 0. The van der Waals surface area contributed by atoms with Crippen LogP contribution in [0.4, 0.5) is 0 Å². The predicted molar refractivity (Wildman–Crippen MR) is 40.3 cm³/mol. The van der Waals surface area contributed by atoms with Crippen molar-refractivity contribution in [1.29, 1.82) is 0 Å². The summed E-state index contributed by atoms with van der Waals surface area (Å²) in [6, 6.07) is 0. The topological polar surface area (TPSA) is 12.0 Å². The van der Waals surface area contributed by atoms with Crippen LogP contribution in [0.15, 0.2) is 23.9 Å². The van der Waals surface area contributed by atoms with Crippen molar-refractivity contribution in [2.24, 2.45) is 0 Å². The Kier molecular flexibility index (Phi) is 1.54. The zero-order chi connectivity index (χ0) is 6.91. The molecule has 0 saturated carbocycles. The molecule has 1 nitrogen and oxygen atoms in total. The van der Waals surface area contributed by atoms with Crippen molar-refractivity contribution in [1.82, 2.24) is 5.32 Å². The molecule has 0 aromatic heterocycles. The lowest BCUT2D eigenvalue weighted by molar-refractivity contribution is 0.651. The monoisotopic (exact) mass is 143 g/mol. The Labute approximate surface area is 60.4 Å². The molecule has 1 unspecified atom stereocenters. The van der Waals surface area contributed by atoms with Gasteiger partial charge < -0.3 is 5.32 Å². The van der Waals surface area contributed by atoms with E-state index in [0.29, 0.717) is 0 Å². The van der Waals surface area contributed by atoms with Crippen molar-refractivity contribution < 1.29 is 0 Å². The van der Waals surface area contributed by atoms with Gasteiger partial charge >= 0.3 is 0 Å². The Morgan fingerprint density at radius 2 is 2.33 bits per heavy atom. The van der Waals surface area contributed by atoms with E-state index >= 15 is 0 Å². The first-order chi connectivity index (χ1) is 4.10. The second kappa shape index (κ2) is 2.07. The lowest BCUT2D eigenvalue weighted by atomic mass is 10.2. The van der Waals surface area contributed by atoms with E-state index in [-0.39, 0.29) is 5.00 Å². The molecule has 0 fully saturated rings. The smallest absolute Gasteiger partial charge is 0.128 e. The minimum absolute atomic E-state index is 0.376. The van der Waals surface area contributed by atoms with Crippen LogP contribution in [0.25, 0.3) is 0 Å². The highest BCUT2D eigenvalue weighted by molar-refractivity contribution is 6.24. The van der Waals surface area contributed by atoms with E-state index in [9.17, 15) is 0 Å². The Hall–Kier alpha value is -0.430. The second-order valence-electron chi connectivity index (χ2n) is 2.41. The molecule has 1 N–H and O–H groups in total. The highest BCUT2D eigenvalue weighted by atomic mass is 35.5. The van der Waals surface area contributed by atoms with Gasteiger partial charge in [0.25, 0.3) is 0 Å². The van der Waals surface area contributed by atoms with Crippen LogP contribution in [0.5, 0.6) is 0 Å². The van der Waals surface area contributed by atoms with Crippen molar-refractivity contribution in [3.63, 3.8) is 0 Å². The van der Waals surface area contributed by atoms with E-state index in [4.69, 9.17) is 11.6 Å². The lowest BCUT2D eigenvalue weighted by Gasteiger charge is -2.23. The minimum Gasteiger partial charge on any atom is -0.367 e. The average molecular weight is 144 g/mol. The molecule has 0 spiro atoms. The number of halogens is 1. The molecule has 0 amide bonds. The molecular formula is C7H10ClN. The van der Waals surface area contributed by atoms with E-state index in [1.165, 1.54) is 0 Å². The van der Waals surface area contributed by atoms with Gasteiger partial charge in [-0.05, 0) is 26.0 Å². The maximum Gasteiger partial charge on any atom is 0.128 e. The number of rotatable bonds is 0. The van der Waals surface area contributed by atoms with Gasteiger partial charge in [0.2, 0.25) is 0 Å². The van der Waals surface area contributed by atoms with Gasteiger partial charge in [0, 0.05) is 5.70 Å². The van der Waals surface area contributed by atoms with Gasteiger partial charge in [-0.2, -0.15) is 0 Å². The van der Waals surface area contributed by atoms with Gasteiger partial charge in [0.1, 0.15) is 5.00 Å². The number of hydrogen-bond donors (Lipinski definition) is 1. The number of nitrogens with one attached hydrogen (secondary N) is 1. The minimum atomic E-state index is -0.376. The van der Waals surface area contributed by atoms with Crippen molar-refractivity contribution >= 4 is 11.6 Å². The normalized spacial score (nSPS) is 33.4. The van der Waals surface area contributed by atoms with Crippen LogP contribution in [0, 0.1) is 0 Å². The first kappa shape index (κ1) is 6.69. The Balaban J connectivity index is 2.73. The summed E-state index contributed by atoms with van der Waals surface area (Å²) >= 11 is 5.93. The summed E-state index contributed by atoms with van der Waals surface area (Å²) in [6.45, 7) is 3.91. The van der Waals surface area contributed by atoms with E-state index in [1.807, 2.05) is 32.1 Å². The van der Waals surface area contributed by atoms with E-state index in [0.717, 1.165) is 5.70 Å². The third kappa shape index (κ3) is 1.75. The van der Waals surface area contributed by atoms with Crippen molar-refractivity contribution in [2.75, 3.05) is 0 Å².